The Morgan fingerprint density at radius 3 is 2.35 bits per heavy atom. The number of aryl methyl sites for hydroxylation is 2. The van der Waals surface area contributed by atoms with Gasteiger partial charge >= 0.3 is 0 Å². The van der Waals surface area contributed by atoms with Crippen LogP contribution in [0, 0.1) is 6.92 Å². The maximum absolute atomic E-state index is 13.8. The first-order valence-electron chi connectivity index (χ1n) is 12.8. The first kappa shape index (κ1) is 26.3. The van der Waals surface area contributed by atoms with Gasteiger partial charge < -0.3 is 19.7 Å². The lowest BCUT2D eigenvalue weighted by molar-refractivity contribution is -0.141. The molecule has 0 radical (unpaired) electrons. The highest BCUT2D eigenvalue weighted by molar-refractivity contribution is 5.88. The molecular formula is C31H36N2O4. The van der Waals surface area contributed by atoms with Crippen molar-refractivity contribution in [2.75, 3.05) is 6.79 Å². The fraction of sp³-hybridized carbons (Fsp3) is 0.355. The van der Waals surface area contributed by atoms with Crippen LogP contribution < -0.4 is 14.8 Å². The Hall–Kier alpha value is -3.80. The molecule has 0 bridgehead atoms. The Morgan fingerprint density at radius 2 is 1.62 bits per heavy atom. The molecule has 0 saturated carbocycles. The monoisotopic (exact) mass is 500 g/mol. The Kier molecular flexibility index (Phi) is 8.17. The van der Waals surface area contributed by atoms with Gasteiger partial charge in [0.1, 0.15) is 6.04 Å². The fourth-order valence-electron chi connectivity index (χ4n) is 4.51. The average Bonchev–Trinajstić information content (AvgIpc) is 3.32. The Morgan fingerprint density at radius 1 is 0.892 bits per heavy atom. The summed E-state index contributed by atoms with van der Waals surface area (Å²) in [5.41, 5.74) is 3.69. The van der Waals surface area contributed by atoms with E-state index in [1.165, 1.54) is 0 Å². The lowest BCUT2D eigenvalue weighted by Gasteiger charge is -2.34. The Labute approximate surface area is 219 Å². The summed E-state index contributed by atoms with van der Waals surface area (Å²) in [4.78, 5) is 29.2. The third kappa shape index (κ3) is 7.35. The highest BCUT2D eigenvalue weighted by atomic mass is 16.7. The van der Waals surface area contributed by atoms with E-state index in [-0.39, 0.29) is 25.0 Å². The molecule has 3 aromatic rings. The molecule has 2 amide bonds. The third-order valence-electron chi connectivity index (χ3n) is 6.27. The van der Waals surface area contributed by atoms with E-state index in [1.807, 2.05) is 94.4 Å². The summed E-state index contributed by atoms with van der Waals surface area (Å²) in [7, 11) is 0. The van der Waals surface area contributed by atoms with E-state index in [9.17, 15) is 9.59 Å². The van der Waals surface area contributed by atoms with Crippen molar-refractivity contribution in [3.63, 3.8) is 0 Å². The van der Waals surface area contributed by atoms with Crippen molar-refractivity contribution in [2.24, 2.45) is 0 Å². The lowest BCUT2D eigenvalue weighted by atomic mass is 9.99. The molecule has 1 heterocycles. The Bertz CT molecular complexity index is 1230. The van der Waals surface area contributed by atoms with Gasteiger partial charge in [-0.25, -0.2) is 0 Å². The van der Waals surface area contributed by atoms with Gasteiger partial charge in [-0.2, -0.15) is 0 Å². The predicted octanol–water partition coefficient (Wildman–Crippen LogP) is 5.21. The number of nitrogens with zero attached hydrogens (tertiary/aromatic N) is 1. The highest BCUT2D eigenvalue weighted by Crippen LogP contribution is 2.33. The van der Waals surface area contributed by atoms with Crippen LogP contribution in [0.2, 0.25) is 0 Å². The van der Waals surface area contributed by atoms with E-state index in [0.29, 0.717) is 25.1 Å². The summed E-state index contributed by atoms with van der Waals surface area (Å²) in [5.74, 6) is 1.20. The quantitative estimate of drug-likeness (QED) is 0.438. The van der Waals surface area contributed by atoms with Gasteiger partial charge in [0, 0.05) is 24.9 Å². The van der Waals surface area contributed by atoms with Gasteiger partial charge in [-0.15, -0.1) is 0 Å². The summed E-state index contributed by atoms with van der Waals surface area (Å²) in [6.45, 7) is 8.47. The molecule has 1 unspecified atom stereocenters. The van der Waals surface area contributed by atoms with E-state index < -0.39 is 11.6 Å². The van der Waals surface area contributed by atoms with Crippen LogP contribution in [0.4, 0.5) is 0 Å². The number of nitrogens with one attached hydrogen (secondary N) is 1. The minimum atomic E-state index is -0.647. The van der Waals surface area contributed by atoms with Crippen molar-refractivity contribution in [3.05, 3.63) is 95.1 Å². The van der Waals surface area contributed by atoms with E-state index in [0.717, 1.165) is 28.0 Å². The van der Waals surface area contributed by atoms with Gasteiger partial charge in [-0.1, -0.05) is 66.2 Å². The summed E-state index contributed by atoms with van der Waals surface area (Å²) in [6, 6.07) is 23.1. The molecule has 4 rings (SSSR count). The zero-order chi connectivity index (χ0) is 26.4. The van der Waals surface area contributed by atoms with Gasteiger partial charge in [-0.3, -0.25) is 9.59 Å². The number of ether oxygens (including phenoxy) is 2. The van der Waals surface area contributed by atoms with Crippen LogP contribution in [0.15, 0.2) is 72.8 Å². The van der Waals surface area contributed by atoms with Crippen molar-refractivity contribution >= 4 is 11.8 Å². The zero-order valence-electron chi connectivity index (χ0n) is 22.1. The van der Waals surface area contributed by atoms with Crippen molar-refractivity contribution in [3.8, 4) is 11.5 Å². The number of carbonyl (C=O) groups excluding carboxylic acids is 2. The number of carbonyl (C=O) groups is 2. The summed E-state index contributed by atoms with van der Waals surface area (Å²) in [6.07, 6.45) is 1.25. The van der Waals surface area contributed by atoms with E-state index >= 15 is 0 Å². The van der Waals surface area contributed by atoms with Crippen LogP contribution in [0.3, 0.4) is 0 Å². The van der Waals surface area contributed by atoms with E-state index in [1.54, 1.807) is 4.90 Å². The van der Waals surface area contributed by atoms with Crippen LogP contribution in [0.25, 0.3) is 0 Å². The molecule has 194 valence electrons. The largest absolute Gasteiger partial charge is 0.454 e. The third-order valence-corrected chi connectivity index (χ3v) is 6.27. The smallest absolute Gasteiger partial charge is 0.243 e. The minimum Gasteiger partial charge on any atom is -0.454 e. The number of benzene rings is 3. The lowest BCUT2D eigenvalue weighted by Crippen LogP contribution is -2.54. The number of amides is 2. The normalized spacial score (nSPS) is 13.2. The minimum absolute atomic E-state index is 0.0656. The van der Waals surface area contributed by atoms with Gasteiger partial charge in [-0.05, 0) is 62.9 Å². The molecule has 6 heteroatoms. The molecule has 0 saturated heterocycles. The first-order valence-corrected chi connectivity index (χ1v) is 12.8. The van der Waals surface area contributed by atoms with Gasteiger partial charge in [0.2, 0.25) is 18.6 Å². The van der Waals surface area contributed by atoms with Crippen LogP contribution in [-0.4, -0.2) is 35.1 Å². The van der Waals surface area contributed by atoms with Gasteiger partial charge in [0.15, 0.2) is 11.5 Å². The molecule has 1 atom stereocenters. The maximum Gasteiger partial charge on any atom is 0.243 e. The van der Waals surface area contributed by atoms with Crippen molar-refractivity contribution in [1.82, 2.24) is 10.2 Å². The van der Waals surface area contributed by atoms with E-state index in [4.69, 9.17) is 9.47 Å². The zero-order valence-corrected chi connectivity index (χ0v) is 22.1. The van der Waals surface area contributed by atoms with Crippen LogP contribution in [0.1, 0.15) is 49.4 Å². The van der Waals surface area contributed by atoms with Crippen molar-refractivity contribution < 1.29 is 19.1 Å². The molecule has 6 nitrogen and oxygen atoms in total. The van der Waals surface area contributed by atoms with Crippen LogP contribution in [-0.2, 0) is 29.0 Å². The van der Waals surface area contributed by atoms with E-state index in [2.05, 4.69) is 11.4 Å². The summed E-state index contributed by atoms with van der Waals surface area (Å²) in [5, 5.41) is 3.11. The van der Waals surface area contributed by atoms with Crippen LogP contribution in [0.5, 0.6) is 11.5 Å². The molecule has 3 aromatic carbocycles. The predicted molar refractivity (Wildman–Crippen MR) is 144 cm³/mol. The molecule has 0 fully saturated rings. The number of rotatable bonds is 9. The molecule has 0 aliphatic carbocycles. The molecule has 1 aliphatic rings. The van der Waals surface area contributed by atoms with Gasteiger partial charge in [0.05, 0.1) is 0 Å². The molecule has 37 heavy (non-hydrogen) atoms. The molecule has 1 N–H and O–H groups in total. The summed E-state index contributed by atoms with van der Waals surface area (Å²) >= 11 is 0. The molecule has 0 aromatic heterocycles. The van der Waals surface area contributed by atoms with Crippen LogP contribution >= 0.6 is 0 Å². The molecule has 0 spiro atoms. The number of hydrogen-bond donors (Lipinski definition) is 1. The second kappa shape index (κ2) is 11.5. The van der Waals surface area contributed by atoms with Crippen molar-refractivity contribution in [1.29, 1.82) is 0 Å². The highest BCUT2D eigenvalue weighted by Gasteiger charge is 2.32. The average molecular weight is 501 g/mol. The maximum atomic E-state index is 13.8. The van der Waals surface area contributed by atoms with Crippen molar-refractivity contribution in [2.45, 2.75) is 65.1 Å². The second-order valence-corrected chi connectivity index (χ2v) is 10.6. The SMILES string of the molecule is Cc1cccc(CN(C(=O)CCc2ccc3c(c2)OCO3)C(Cc2ccccc2)C(=O)NC(C)(C)C)c1. The van der Waals surface area contributed by atoms with Gasteiger partial charge in [0.25, 0.3) is 0 Å². The standard InChI is InChI=1S/C31H36N2O4/c1-22-9-8-12-25(17-22)20-33(29(34)16-14-24-13-15-27-28(19-24)37-21-36-27)26(30(35)32-31(2,3)4)18-23-10-6-5-7-11-23/h5-13,15,17,19,26H,14,16,18,20-21H2,1-4H3,(H,32,35). The Balaban J connectivity index is 1.61. The topological polar surface area (TPSA) is 67.9 Å². The molecule has 1 aliphatic heterocycles. The number of hydrogen-bond acceptors (Lipinski definition) is 4. The molecular weight excluding hydrogens is 464 g/mol. The summed E-state index contributed by atoms with van der Waals surface area (Å²) < 4.78 is 10.9. The number of fused-ring (bicyclic) bond motifs is 1. The second-order valence-electron chi connectivity index (χ2n) is 10.6. The fourth-order valence-corrected chi connectivity index (χ4v) is 4.51. The first-order chi connectivity index (χ1) is 17.7.